The molecule has 122 valence electrons. The number of rotatable bonds is 5. The Labute approximate surface area is 138 Å². The Morgan fingerprint density at radius 3 is 2.57 bits per heavy atom. The molecule has 0 aromatic heterocycles. The molecule has 1 aliphatic heterocycles. The van der Waals surface area contributed by atoms with Crippen molar-refractivity contribution in [1.82, 2.24) is 10.2 Å². The Bertz CT molecular complexity index is 647. The monoisotopic (exact) mass is 334 g/mol. The van der Waals surface area contributed by atoms with E-state index >= 15 is 0 Å². The van der Waals surface area contributed by atoms with E-state index < -0.39 is 23.9 Å². The highest BCUT2D eigenvalue weighted by atomic mass is 32.2. The molecule has 0 spiro atoms. The summed E-state index contributed by atoms with van der Waals surface area (Å²) in [6.07, 6.45) is 0. The highest BCUT2D eigenvalue weighted by molar-refractivity contribution is 8.15. The summed E-state index contributed by atoms with van der Waals surface area (Å²) in [6.45, 7) is 3.08. The average molecular weight is 334 g/mol. The molecular formula is C15H18N4O3S. The van der Waals surface area contributed by atoms with Gasteiger partial charge in [0.2, 0.25) is 17.7 Å². The molecule has 1 aromatic carbocycles. The van der Waals surface area contributed by atoms with Crippen LogP contribution in [0, 0.1) is 0 Å². The molecule has 3 N–H and O–H groups in total. The first-order chi connectivity index (χ1) is 10.9. The van der Waals surface area contributed by atoms with Crippen molar-refractivity contribution in [1.29, 1.82) is 0 Å². The average Bonchev–Trinajstić information content (AvgIpc) is 2.88. The lowest BCUT2D eigenvalue weighted by Gasteiger charge is -2.24. The number of amidine groups is 1. The molecule has 1 aromatic rings. The van der Waals surface area contributed by atoms with Crippen LogP contribution < -0.4 is 11.1 Å². The van der Waals surface area contributed by atoms with E-state index in [0.29, 0.717) is 10.9 Å². The molecular weight excluding hydrogens is 316 g/mol. The van der Waals surface area contributed by atoms with Gasteiger partial charge in [0.05, 0.1) is 11.4 Å². The fourth-order valence-electron chi connectivity index (χ4n) is 1.98. The zero-order valence-electron chi connectivity index (χ0n) is 12.9. The number of primary amides is 1. The highest BCUT2D eigenvalue weighted by Crippen LogP contribution is 2.25. The third kappa shape index (κ3) is 4.10. The summed E-state index contributed by atoms with van der Waals surface area (Å²) in [5.41, 5.74) is 5.83. The van der Waals surface area contributed by atoms with Gasteiger partial charge in [-0.05, 0) is 26.0 Å². The van der Waals surface area contributed by atoms with Crippen molar-refractivity contribution in [3.63, 3.8) is 0 Å². The predicted molar refractivity (Wildman–Crippen MR) is 89.1 cm³/mol. The molecule has 2 rings (SSSR count). The standard InChI is InChI=1S/C15H18N4O3S/c1-9(13(16)21)17-14(22)10(2)19-12(20)8-23-15(19)18-11-6-4-3-5-7-11/h3-7,9-10H,8H2,1-2H3,(H2,16,21)(H,17,22)/t9?,10-/m0/s1. The number of nitrogens with one attached hydrogen (secondary N) is 1. The van der Waals surface area contributed by atoms with Crippen LogP contribution in [0.25, 0.3) is 0 Å². The van der Waals surface area contributed by atoms with Crippen LogP contribution in [-0.4, -0.2) is 45.6 Å². The Balaban J connectivity index is 2.17. The van der Waals surface area contributed by atoms with E-state index in [1.165, 1.54) is 23.6 Å². The van der Waals surface area contributed by atoms with E-state index in [9.17, 15) is 14.4 Å². The predicted octanol–water partition coefficient (Wildman–Crippen LogP) is 0.628. The van der Waals surface area contributed by atoms with Crippen LogP contribution in [0.4, 0.5) is 5.69 Å². The first-order valence-electron chi connectivity index (χ1n) is 7.08. The number of thioether (sulfide) groups is 1. The van der Waals surface area contributed by atoms with Crippen molar-refractivity contribution in [2.24, 2.45) is 10.7 Å². The van der Waals surface area contributed by atoms with Crippen molar-refractivity contribution in [2.45, 2.75) is 25.9 Å². The largest absolute Gasteiger partial charge is 0.368 e. The van der Waals surface area contributed by atoms with Crippen LogP contribution in [0.15, 0.2) is 35.3 Å². The number of hydrogen-bond acceptors (Lipinski definition) is 5. The number of hydrogen-bond donors (Lipinski definition) is 2. The van der Waals surface area contributed by atoms with Crippen LogP contribution in [-0.2, 0) is 14.4 Å². The fourth-order valence-corrected chi connectivity index (χ4v) is 2.94. The lowest BCUT2D eigenvalue weighted by atomic mass is 10.2. The number of aliphatic imine (C=N–C) groups is 1. The summed E-state index contributed by atoms with van der Waals surface area (Å²) >= 11 is 1.28. The quantitative estimate of drug-likeness (QED) is 0.824. The number of nitrogens with two attached hydrogens (primary N) is 1. The zero-order chi connectivity index (χ0) is 17.0. The van der Waals surface area contributed by atoms with Crippen LogP contribution in [0.5, 0.6) is 0 Å². The molecule has 1 heterocycles. The summed E-state index contributed by atoms with van der Waals surface area (Å²) in [4.78, 5) is 41.1. The van der Waals surface area contributed by atoms with E-state index in [4.69, 9.17) is 5.73 Å². The van der Waals surface area contributed by atoms with Gasteiger partial charge in [-0.2, -0.15) is 0 Å². The molecule has 1 saturated heterocycles. The van der Waals surface area contributed by atoms with E-state index in [1.807, 2.05) is 30.3 Å². The molecule has 2 atom stereocenters. The maximum atomic E-state index is 12.2. The van der Waals surface area contributed by atoms with E-state index in [-0.39, 0.29) is 11.7 Å². The van der Waals surface area contributed by atoms with Gasteiger partial charge in [0, 0.05) is 0 Å². The van der Waals surface area contributed by atoms with Crippen molar-refractivity contribution in [3.8, 4) is 0 Å². The van der Waals surface area contributed by atoms with E-state index in [0.717, 1.165) is 0 Å². The number of carbonyl (C=O) groups is 3. The van der Waals surface area contributed by atoms with E-state index in [1.54, 1.807) is 6.92 Å². The molecule has 8 heteroatoms. The highest BCUT2D eigenvalue weighted by Gasteiger charge is 2.36. The van der Waals surface area contributed by atoms with Crippen LogP contribution in [0.3, 0.4) is 0 Å². The maximum absolute atomic E-state index is 12.2. The number of benzene rings is 1. The number of carbonyl (C=O) groups excluding carboxylic acids is 3. The first-order valence-corrected chi connectivity index (χ1v) is 8.07. The molecule has 7 nitrogen and oxygen atoms in total. The van der Waals surface area contributed by atoms with Gasteiger partial charge in [-0.15, -0.1) is 0 Å². The third-order valence-electron chi connectivity index (χ3n) is 3.33. The second-order valence-electron chi connectivity index (χ2n) is 5.09. The zero-order valence-corrected chi connectivity index (χ0v) is 13.7. The van der Waals surface area contributed by atoms with Crippen LogP contribution in [0.1, 0.15) is 13.8 Å². The smallest absolute Gasteiger partial charge is 0.243 e. The molecule has 23 heavy (non-hydrogen) atoms. The first kappa shape index (κ1) is 17.0. The van der Waals surface area contributed by atoms with Crippen molar-refractivity contribution < 1.29 is 14.4 Å². The normalized spacial score (nSPS) is 18.8. The molecule has 1 fully saturated rings. The lowest BCUT2D eigenvalue weighted by Crippen LogP contribution is -2.52. The minimum Gasteiger partial charge on any atom is -0.368 e. The van der Waals surface area contributed by atoms with Gasteiger partial charge in [-0.1, -0.05) is 30.0 Å². The molecule has 1 aliphatic rings. The summed E-state index contributed by atoms with van der Waals surface area (Å²) in [7, 11) is 0. The van der Waals surface area contributed by atoms with Crippen LogP contribution >= 0.6 is 11.8 Å². The summed E-state index contributed by atoms with van der Waals surface area (Å²) in [6, 6.07) is 7.61. The minimum absolute atomic E-state index is 0.195. The minimum atomic E-state index is -0.801. The van der Waals surface area contributed by atoms with Crippen molar-refractivity contribution in [3.05, 3.63) is 30.3 Å². The molecule has 1 unspecified atom stereocenters. The van der Waals surface area contributed by atoms with E-state index in [2.05, 4.69) is 10.3 Å². The van der Waals surface area contributed by atoms with Gasteiger partial charge < -0.3 is 11.1 Å². The lowest BCUT2D eigenvalue weighted by molar-refractivity contribution is -0.134. The molecule has 0 saturated carbocycles. The number of para-hydroxylation sites is 1. The van der Waals surface area contributed by atoms with Gasteiger partial charge in [0.25, 0.3) is 0 Å². The van der Waals surface area contributed by atoms with Crippen LogP contribution in [0.2, 0.25) is 0 Å². The molecule has 0 radical (unpaired) electrons. The molecule has 3 amide bonds. The van der Waals surface area contributed by atoms with Gasteiger partial charge in [-0.3, -0.25) is 19.3 Å². The second kappa shape index (κ2) is 7.28. The van der Waals surface area contributed by atoms with Gasteiger partial charge in [-0.25, -0.2) is 4.99 Å². The summed E-state index contributed by atoms with van der Waals surface area (Å²) < 4.78 is 0. The van der Waals surface area contributed by atoms with Crippen molar-refractivity contribution in [2.75, 3.05) is 5.75 Å². The van der Waals surface area contributed by atoms with Gasteiger partial charge in [0.15, 0.2) is 5.17 Å². The Hall–Kier alpha value is -2.35. The maximum Gasteiger partial charge on any atom is 0.243 e. The van der Waals surface area contributed by atoms with Crippen molar-refractivity contribution >= 4 is 40.3 Å². The number of nitrogens with zero attached hydrogens (tertiary/aromatic N) is 2. The SMILES string of the molecule is CC(NC(=O)[C@H](C)N1C(=O)CSC1=Nc1ccccc1)C(N)=O. The summed E-state index contributed by atoms with van der Waals surface area (Å²) in [5.74, 6) is -1.05. The topological polar surface area (TPSA) is 105 Å². The second-order valence-corrected chi connectivity index (χ2v) is 6.03. The Morgan fingerprint density at radius 1 is 1.30 bits per heavy atom. The van der Waals surface area contributed by atoms with Gasteiger partial charge in [0.1, 0.15) is 12.1 Å². The Morgan fingerprint density at radius 2 is 1.96 bits per heavy atom. The molecule has 0 aliphatic carbocycles. The Kier molecular flexibility index (Phi) is 5.38. The summed E-state index contributed by atoms with van der Waals surface area (Å²) in [5, 5.41) is 2.96. The third-order valence-corrected chi connectivity index (χ3v) is 4.27. The van der Waals surface area contributed by atoms with Gasteiger partial charge >= 0.3 is 0 Å². The fraction of sp³-hybridized carbons (Fsp3) is 0.333. The molecule has 0 bridgehead atoms. The number of amides is 3.